The molecule has 0 amide bonds. The molecule has 1 N–H and O–H groups in total. The highest BCUT2D eigenvalue weighted by Crippen LogP contribution is 2.25. The number of hydrogen-bond donors (Lipinski definition) is 1. The van der Waals surface area contributed by atoms with Gasteiger partial charge in [0, 0.05) is 12.1 Å². The number of aliphatic imine (C=N–C) groups is 1. The lowest BCUT2D eigenvalue weighted by molar-refractivity contribution is 0.368. The molecule has 122 valence electrons. The summed E-state index contributed by atoms with van der Waals surface area (Å²) in [5.41, 5.74) is 0.505. The lowest BCUT2D eigenvalue weighted by Crippen LogP contribution is -2.25. The maximum Gasteiger partial charge on any atom is 0.259 e. The Balaban J connectivity index is 0.000000220. The highest BCUT2D eigenvalue weighted by atomic mass is 16.5. The molecule has 2 atom stereocenters. The smallest absolute Gasteiger partial charge is 0.259 e. The van der Waals surface area contributed by atoms with Crippen molar-refractivity contribution in [3.8, 4) is 0 Å². The van der Waals surface area contributed by atoms with E-state index in [-0.39, 0.29) is 18.0 Å². The van der Waals surface area contributed by atoms with Crippen LogP contribution < -0.4 is 10.9 Å². The quantitative estimate of drug-likeness (QED) is 0.891. The van der Waals surface area contributed by atoms with Crippen LogP contribution in [0.1, 0.15) is 37.6 Å². The highest BCUT2D eigenvalue weighted by molar-refractivity contribution is 5.77. The molecule has 0 bridgehead atoms. The number of rotatable bonds is 2. The first-order valence-corrected chi connectivity index (χ1v) is 7.75. The van der Waals surface area contributed by atoms with Crippen LogP contribution in [0.4, 0.5) is 5.82 Å². The van der Waals surface area contributed by atoms with Crippen molar-refractivity contribution in [1.82, 2.24) is 25.0 Å². The summed E-state index contributed by atoms with van der Waals surface area (Å²) in [6, 6.07) is 0. The Morgan fingerprint density at radius 1 is 1.39 bits per heavy atom. The molecule has 0 radical (unpaired) electrons. The number of nitrogens with zero attached hydrogens (tertiary/aromatic N) is 5. The molecule has 8 heteroatoms. The van der Waals surface area contributed by atoms with Gasteiger partial charge in [0.15, 0.2) is 12.1 Å². The first kappa shape index (κ1) is 15.5. The van der Waals surface area contributed by atoms with E-state index in [1.54, 1.807) is 6.21 Å². The number of aromatic nitrogens is 4. The van der Waals surface area contributed by atoms with Gasteiger partial charge in [-0.05, 0) is 25.4 Å². The number of fused-ring (bicyclic) bond motifs is 1. The summed E-state index contributed by atoms with van der Waals surface area (Å²) in [5, 5.41) is 6.76. The van der Waals surface area contributed by atoms with Crippen LogP contribution in [0, 0.1) is 5.92 Å². The van der Waals surface area contributed by atoms with Gasteiger partial charge in [0.25, 0.3) is 5.56 Å². The zero-order valence-corrected chi connectivity index (χ0v) is 13.3. The fourth-order valence-electron chi connectivity index (χ4n) is 2.58. The van der Waals surface area contributed by atoms with E-state index >= 15 is 0 Å². The molecule has 0 aliphatic carbocycles. The second-order valence-corrected chi connectivity index (χ2v) is 5.91. The van der Waals surface area contributed by atoms with Gasteiger partial charge in [-0.2, -0.15) is 4.98 Å². The Labute approximate surface area is 133 Å². The summed E-state index contributed by atoms with van der Waals surface area (Å²) in [7, 11) is 0. The van der Waals surface area contributed by atoms with Gasteiger partial charge in [-0.15, -0.1) is 0 Å². The van der Waals surface area contributed by atoms with Crippen LogP contribution in [0.3, 0.4) is 0 Å². The van der Waals surface area contributed by atoms with E-state index in [4.69, 9.17) is 4.52 Å². The average Bonchev–Trinajstić information content (AvgIpc) is 3.26. The summed E-state index contributed by atoms with van der Waals surface area (Å²) < 4.78 is 6.30. The standard InChI is InChI=1S/C10H9N5O2.C5H11N/c1-6-2-11-9-8(6)10(16)15(5-13-9)3-7-12-4-14-17-7;1-5-2-3-6-4-5/h2,4-6H,3H2,1H3;5-6H,2-4H2,1H3. The summed E-state index contributed by atoms with van der Waals surface area (Å²) in [4.78, 5) is 24.2. The topological polar surface area (TPSA) is 98.2 Å². The van der Waals surface area contributed by atoms with Crippen LogP contribution in [0.25, 0.3) is 0 Å². The van der Waals surface area contributed by atoms with E-state index in [0.717, 1.165) is 5.92 Å². The molecule has 0 aromatic carbocycles. The van der Waals surface area contributed by atoms with Gasteiger partial charge in [0.05, 0.1) is 5.56 Å². The van der Waals surface area contributed by atoms with Crippen molar-refractivity contribution in [1.29, 1.82) is 0 Å². The molecule has 0 spiro atoms. The SMILES string of the molecule is CC1C=Nc2ncn(Cc3ncno3)c(=O)c21.CC1CCNC1. The van der Waals surface area contributed by atoms with Gasteiger partial charge >= 0.3 is 0 Å². The Morgan fingerprint density at radius 3 is 2.87 bits per heavy atom. The minimum Gasteiger partial charge on any atom is -0.338 e. The van der Waals surface area contributed by atoms with Crippen molar-refractivity contribution < 1.29 is 4.52 Å². The summed E-state index contributed by atoms with van der Waals surface area (Å²) in [6.45, 7) is 6.89. The van der Waals surface area contributed by atoms with Gasteiger partial charge in [0.1, 0.15) is 12.9 Å². The number of hydrogen-bond acceptors (Lipinski definition) is 7. The van der Waals surface area contributed by atoms with Crippen molar-refractivity contribution >= 4 is 12.0 Å². The highest BCUT2D eigenvalue weighted by Gasteiger charge is 2.21. The first-order chi connectivity index (χ1) is 11.1. The van der Waals surface area contributed by atoms with Crippen molar-refractivity contribution in [2.24, 2.45) is 10.9 Å². The molecule has 2 unspecified atom stereocenters. The zero-order valence-electron chi connectivity index (χ0n) is 13.3. The minimum atomic E-state index is -0.113. The molecule has 1 saturated heterocycles. The van der Waals surface area contributed by atoms with E-state index in [9.17, 15) is 4.79 Å². The molecule has 8 nitrogen and oxygen atoms in total. The van der Waals surface area contributed by atoms with Gasteiger partial charge < -0.3 is 9.84 Å². The van der Waals surface area contributed by atoms with E-state index in [2.05, 4.69) is 32.4 Å². The van der Waals surface area contributed by atoms with E-state index in [1.807, 2.05) is 6.92 Å². The molecule has 2 aromatic rings. The van der Waals surface area contributed by atoms with Crippen molar-refractivity contribution in [3.63, 3.8) is 0 Å². The second-order valence-electron chi connectivity index (χ2n) is 5.91. The van der Waals surface area contributed by atoms with Crippen LogP contribution in [-0.2, 0) is 6.54 Å². The third-order valence-electron chi connectivity index (χ3n) is 3.95. The number of nitrogens with one attached hydrogen (secondary N) is 1. The van der Waals surface area contributed by atoms with Crippen molar-refractivity contribution in [2.45, 2.75) is 32.7 Å². The van der Waals surface area contributed by atoms with Crippen molar-refractivity contribution in [3.05, 3.63) is 34.5 Å². The average molecular weight is 316 g/mol. The van der Waals surface area contributed by atoms with Crippen molar-refractivity contribution in [2.75, 3.05) is 13.1 Å². The predicted molar refractivity (Wildman–Crippen MR) is 85.1 cm³/mol. The first-order valence-electron chi connectivity index (χ1n) is 7.75. The molecule has 4 heterocycles. The predicted octanol–water partition coefficient (Wildman–Crippen LogP) is 1.11. The molecular formula is C15H20N6O2. The summed E-state index contributed by atoms with van der Waals surface area (Å²) >= 11 is 0. The largest absolute Gasteiger partial charge is 0.338 e. The molecule has 2 aliphatic heterocycles. The normalized spacial score (nSPS) is 21.8. The van der Waals surface area contributed by atoms with Gasteiger partial charge in [-0.3, -0.25) is 9.36 Å². The van der Waals surface area contributed by atoms with Crippen LogP contribution in [0.2, 0.25) is 0 Å². The molecule has 4 rings (SSSR count). The summed E-state index contributed by atoms with van der Waals surface area (Å²) in [5.74, 6) is 1.81. The van der Waals surface area contributed by atoms with Crippen LogP contribution in [-0.4, -0.2) is 39.0 Å². The Hall–Kier alpha value is -2.35. The second kappa shape index (κ2) is 6.82. The monoisotopic (exact) mass is 316 g/mol. The van der Waals surface area contributed by atoms with E-state index in [1.165, 1.54) is 36.7 Å². The lowest BCUT2D eigenvalue weighted by atomic mass is 10.1. The van der Waals surface area contributed by atoms with E-state index in [0.29, 0.717) is 17.3 Å². The molecular weight excluding hydrogens is 296 g/mol. The molecule has 2 aromatic heterocycles. The molecule has 1 fully saturated rings. The molecule has 2 aliphatic rings. The van der Waals surface area contributed by atoms with E-state index < -0.39 is 0 Å². The Morgan fingerprint density at radius 2 is 2.26 bits per heavy atom. The Bertz CT molecular complexity index is 731. The summed E-state index contributed by atoms with van der Waals surface area (Å²) in [6.07, 6.45) is 5.84. The minimum absolute atomic E-state index is 0.000125. The zero-order chi connectivity index (χ0) is 16.2. The van der Waals surface area contributed by atoms with Crippen LogP contribution >= 0.6 is 0 Å². The maximum absolute atomic E-state index is 12.2. The fourth-order valence-corrected chi connectivity index (χ4v) is 2.58. The van der Waals surface area contributed by atoms with Crippen LogP contribution in [0.5, 0.6) is 0 Å². The van der Waals surface area contributed by atoms with Crippen LogP contribution in [0.15, 0.2) is 27.0 Å². The lowest BCUT2D eigenvalue weighted by Gasteiger charge is -2.05. The fraction of sp³-hybridized carbons (Fsp3) is 0.533. The Kier molecular flexibility index (Phi) is 4.61. The van der Waals surface area contributed by atoms with Gasteiger partial charge in [0.2, 0.25) is 5.89 Å². The third kappa shape index (κ3) is 3.53. The van der Waals surface area contributed by atoms with Gasteiger partial charge in [-0.1, -0.05) is 19.0 Å². The molecule has 23 heavy (non-hydrogen) atoms. The van der Waals surface area contributed by atoms with Gasteiger partial charge in [-0.25, -0.2) is 9.98 Å². The molecule has 0 saturated carbocycles. The maximum atomic E-state index is 12.2. The third-order valence-corrected chi connectivity index (χ3v) is 3.95.